The Hall–Kier alpha value is -4.14. The van der Waals surface area contributed by atoms with Gasteiger partial charge in [0.2, 0.25) is 11.8 Å². The predicted octanol–water partition coefficient (Wildman–Crippen LogP) is 7.02. The van der Waals surface area contributed by atoms with Crippen molar-refractivity contribution < 1.29 is 18.0 Å². The number of halogens is 1. The summed E-state index contributed by atoms with van der Waals surface area (Å²) >= 11 is 6.37. The fraction of sp³-hybridized carbons (Fsp3) is 0.297. The van der Waals surface area contributed by atoms with Gasteiger partial charge < -0.3 is 10.2 Å². The molecular formula is C37H42ClN3O4S. The number of hydrogen-bond donors (Lipinski definition) is 1. The van der Waals surface area contributed by atoms with E-state index in [4.69, 9.17) is 11.6 Å². The largest absolute Gasteiger partial charge is 0.354 e. The molecule has 4 aromatic carbocycles. The van der Waals surface area contributed by atoms with E-state index < -0.39 is 28.5 Å². The molecule has 0 bridgehead atoms. The molecule has 0 aliphatic heterocycles. The third kappa shape index (κ3) is 8.77. The summed E-state index contributed by atoms with van der Waals surface area (Å²) in [4.78, 5) is 30.1. The van der Waals surface area contributed by atoms with Gasteiger partial charge in [0.1, 0.15) is 12.6 Å². The standard InChI is InChI=1S/C37H42ClN3O4S/c1-5-6-22-39-37(43)35(23-30-13-8-7-9-14-30)40(25-31-15-11-10-12-28(31)3)36(42)26-41(34-24-32(38)19-18-29(34)4)46(44,45)33-20-16-27(2)17-21-33/h7-21,24,35H,5-6,22-23,25-26H2,1-4H3,(H,39,43)/t35-/m1/s1. The highest BCUT2D eigenvalue weighted by Crippen LogP contribution is 2.30. The Bertz CT molecular complexity index is 1740. The zero-order valence-corrected chi connectivity index (χ0v) is 28.4. The Labute approximate surface area is 278 Å². The number of unbranched alkanes of at least 4 members (excludes halogenated alkanes) is 1. The molecule has 0 radical (unpaired) electrons. The number of carbonyl (C=O) groups is 2. The summed E-state index contributed by atoms with van der Waals surface area (Å²) in [7, 11) is -4.22. The van der Waals surface area contributed by atoms with Crippen molar-refractivity contribution >= 4 is 39.1 Å². The second-order valence-corrected chi connectivity index (χ2v) is 13.9. The van der Waals surface area contributed by atoms with Gasteiger partial charge in [0.05, 0.1) is 10.6 Å². The van der Waals surface area contributed by atoms with Gasteiger partial charge in [-0.25, -0.2) is 8.42 Å². The van der Waals surface area contributed by atoms with Gasteiger partial charge in [0.25, 0.3) is 10.0 Å². The molecule has 242 valence electrons. The van der Waals surface area contributed by atoms with Crippen molar-refractivity contribution in [1.29, 1.82) is 0 Å². The van der Waals surface area contributed by atoms with E-state index in [1.807, 2.05) is 75.4 Å². The Morgan fingerprint density at radius 1 is 0.848 bits per heavy atom. The summed E-state index contributed by atoms with van der Waals surface area (Å²) in [5, 5.41) is 3.36. The number of anilines is 1. The molecule has 0 aliphatic carbocycles. The monoisotopic (exact) mass is 659 g/mol. The third-order valence-electron chi connectivity index (χ3n) is 8.03. The first-order chi connectivity index (χ1) is 22.0. The lowest BCUT2D eigenvalue weighted by atomic mass is 10.0. The van der Waals surface area contributed by atoms with Crippen molar-refractivity contribution in [3.8, 4) is 0 Å². The second kappa shape index (κ2) is 15.9. The van der Waals surface area contributed by atoms with E-state index in [-0.39, 0.29) is 23.8 Å². The van der Waals surface area contributed by atoms with E-state index in [0.29, 0.717) is 22.8 Å². The summed E-state index contributed by atoms with van der Waals surface area (Å²) in [6.07, 6.45) is 1.96. The fourth-order valence-corrected chi connectivity index (χ4v) is 6.87. The van der Waals surface area contributed by atoms with Crippen LogP contribution in [-0.2, 0) is 32.6 Å². The minimum atomic E-state index is -4.22. The van der Waals surface area contributed by atoms with Crippen LogP contribution in [0.4, 0.5) is 5.69 Å². The molecule has 2 amide bonds. The van der Waals surface area contributed by atoms with Gasteiger partial charge >= 0.3 is 0 Å². The van der Waals surface area contributed by atoms with E-state index >= 15 is 0 Å². The summed E-state index contributed by atoms with van der Waals surface area (Å²) in [6.45, 7) is 7.72. The van der Waals surface area contributed by atoms with Gasteiger partial charge in [-0.1, -0.05) is 103 Å². The molecule has 9 heteroatoms. The van der Waals surface area contributed by atoms with Crippen molar-refractivity contribution in [2.45, 2.75) is 64.4 Å². The van der Waals surface area contributed by atoms with Crippen molar-refractivity contribution in [2.75, 3.05) is 17.4 Å². The lowest BCUT2D eigenvalue weighted by Gasteiger charge is -2.34. The van der Waals surface area contributed by atoms with Crippen LogP contribution in [0.1, 0.15) is 47.6 Å². The number of sulfonamides is 1. The predicted molar refractivity (Wildman–Crippen MR) is 185 cm³/mol. The van der Waals surface area contributed by atoms with E-state index in [9.17, 15) is 18.0 Å². The van der Waals surface area contributed by atoms with Gasteiger partial charge in [-0.3, -0.25) is 13.9 Å². The Kier molecular flexibility index (Phi) is 12.0. The highest BCUT2D eigenvalue weighted by atomic mass is 35.5. The molecule has 46 heavy (non-hydrogen) atoms. The zero-order valence-electron chi connectivity index (χ0n) is 26.9. The van der Waals surface area contributed by atoms with Gasteiger partial charge in [-0.2, -0.15) is 0 Å². The van der Waals surface area contributed by atoms with Crippen LogP contribution in [0.15, 0.2) is 102 Å². The molecule has 0 heterocycles. The van der Waals surface area contributed by atoms with Crippen molar-refractivity contribution in [3.05, 3.63) is 130 Å². The number of aryl methyl sites for hydroxylation is 3. The first-order valence-electron chi connectivity index (χ1n) is 15.5. The second-order valence-electron chi connectivity index (χ2n) is 11.6. The molecular weight excluding hydrogens is 618 g/mol. The van der Waals surface area contributed by atoms with Gasteiger partial charge in [-0.15, -0.1) is 0 Å². The number of benzene rings is 4. The molecule has 0 saturated carbocycles. The van der Waals surface area contributed by atoms with Crippen LogP contribution in [0.3, 0.4) is 0 Å². The summed E-state index contributed by atoms with van der Waals surface area (Å²) in [6, 6.07) is 27.8. The SMILES string of the molecule is CCCCNC(=O)[C@@H](Cc1ccccc1)N(Cc1ccccc1C)C(=O)CN(c1cc(Cl)ccc1C)S(=O)(=O)c1ccc(C)cc1. The van der Waals surface area contributed by atoms with Crippen molar-refractivity contribution in [1.82, 2.24) is 10.2 Å². The highest BCUT2D eigenvalue weighted by Gasteiger charge is 2.35. The van der Waals surface area contributed by atoms with Gasteiger partial charge in [0.15, 0.2) is 0 Å². The minimum absolute atomic E-state index is 0.0499. The lowest BCUT2D eigenvalue weighted by molar-refractivity contribution is -0.140. The molecule has 0 unspecified atom stereocenters. The van der Waals surface area contributed by atoms with Gasteiger partial charge in [-0.05, 0) is 73.7 Å². The molecule has 4 rings (SSSR count). The number of nitrogens with zero attached hydrogens (tertiary/aromatic N) is 2. The lowest BCUT2D eigenvalue weighted by Crippen LogP contribution is -2.53. The van der Waals surface area contributed by atoms with Crippen LogP contribution >= 0.6 is 11.6 Å². The van der Waals surface area contributed by atoms with Crippen LogP contribution in [0.2, 0.25) is 5.02 Å². The minimum Gasteiger partial charge on any atom is -0.354 e. The maximum Gasteiger partial charge on any atom is 0.264 e. The normalized spacial score (nSPS) is 11.9. The average Bonchev–Trinajstić information content (AvgIpc) is 3.04. The number of carbonyl (C=O) groups excluding carboxylic acids is 2. The first kappa shape index (κ1) is 34.7. The number of amides is 2. The van der Waals surface area contributed by atoms with Crippen LogP contribution < -0.4 is 9.62 Å². The summed E-state index contributed by atoms with van der Waals surface area (Å²) < 4.78 is 29.7. The van der Waals surface area contributed by atoms with Gasteiger partial charge in [0, 0.05) is 24.5 Å². The van der Waals surface area contributed by atoms with E-state index in [1.54, 1.807) is 37.3 Å². The zero-order chi connectivity index (χ0) is 33.3. The van der Waals surface area contributed by atoms with E-state index in [0.717, 1.165) is 39.4 Å². The topological polar surface area (TPSA) is 86.8 Å². The number of rotatable bonds is 14. The quantitative estimate of drug-likeness (QED) is 0.148. The molecule has 0 aliphatic rings. The van der Waals surface area contributed by atoms with E-state index in [2.05, 4.69) is 5.32 Å². The molecule has 1 N–H and O–H groups in total. The molecule has 7 nitrogen and oxygen atoms in total. The molecule has 0 saturated heterocycles. The maximum absolute atomic E-state index is 14.6. The summed E-state index contributed by atoms with van der Waals surface area (Å²) in [5.41, 5.74) is 4.54. The smallest absolute Gasteiger partial charge is 0.264 e. The molecule has 1 atom stereocenters. The summed E-state index contributed by atoms with van der Waals surface area (Å²) in [5.74, 6) is -0.795. The molecule has 0 fully saturated rings. The van der Waals surface area contributed by atoms with Crippen molar-refractivity contribution in [2.24, 2.45) is 0 Å². The van der Waals surface area contributed by atoms with Crippen LogP contribution in [0.5, 0.6) is 0 Å². The number of nitrogens with one attached hydrogen (secondary N) is 1. The van der Waals surface area contributed by atoms with Crippen molar-refractivity contribution in [3.63, 3.8) is 0 Å². The average molecular weight is 660 g/mol. The molecule has 0 spiro atoms. The maximum atomic E-state index is 14.6. The van der Waals surface area contributed by atoms with Crippen LogP contribution in [-0.4, -0.2) is 44.3 Å². The fourth-order valence-electron chi connectivity index (χ4n) is 5.23. The highest BCUT2D eigenvalue weighted by molar-refractivity contribution is 7.92. The van der Waals surface area contributed by atoms with Crippen LogP contribution in [0, 0.1) is 20.8 Å². The first-order valence-corrected chi connectivity index (χ1v) is 17.3. The molecule has 4 aromatic rings. The van der Waals surface area contributed by atoms with Crippen LogP contribution in [0.25, 0.3) is 0 Å². The molecule has 0 aromatic heterocycles. The Morgan fingerprint density at radius 2 is 1.52 bits per heavy atom. The number of hydrogen-bond acceptors (Lipinski definition) is 4. The third-order valence-corrected chi connectivity index (χ3v) is 10.0. The van der Waals surface area contributed by atoms with E-state index in [1.165, 1.54) is 17.0 Å². The Morgan fingerprint density at radius 3 is 2.20 bits per heavy atom. The Balaban J connectivity index is 1.83.